The Labute approximate surface area is 118 Å². The van der Waals surface area contributed by atoms with Crippen LogP contribution in [-0.2, 0) is 30.8 Å². The van der Waals surface area contributed by atoms with Crippen molar-refractivity contribution in [3.63, 3.8) is 0 Å². The first-order chi connectivity index (χ1) is 10.1. The van der Waals surface area contributed by atoms with Gasteiger partial charge in [0.1, 0.15) is 11.3 Å². The van der Waals surface area contributed by atoms with Gasteiger partial charge in [0.2, 0.25) is 0 Å². The number of rotatable bonds is 2. The lowest BCUT2D eigenvalue weighted by molar-refractivity contribution is -0.523. The van der Waals surface area contributed by atoms with E-state index in [0.717, 1.165) is 0 Å². The molecule has 0 saturated heterocycles. The highest BCUT2D eigenvalue weighted by atomic mass is 17.3. The van der Waals surface area contributed by atoms with Gasteiger partial charge < -0.3 is 18.3 Å². The molecule has 5 rings (SSSR count). The summed E-state index contributed by atoms with van der Waals surface area (Å²) in [6, 6.07) is 3.02. The zero-order chi connectivity index (χ0) is 14.8. The third-order valence-electron chi connectivity index (χ3n) is 3.87. The summed E-state index contributed by atoms with van der Waals surface area (Å²) in [5, 5.41) is 0. The summed E-state index contributed by atoms with van der Waals surface area (Å²) in [4.78, 5) is 23.2. The van der Waals surface area contributed by atoms with Gasteiger partial charge in [0.25, 0.3) is 5.79 Å². The van der Waals surface area contributed by atoms with Crippen molar-refractivity contribution in [2.75, 3.05) is 14.2 Å². The van der Waals surface area contributed by atoms with E-state index in [2.05, 4.69) is 0 Å². The first-order valence-electron chi connectivity index (χ1n) is 6.30. The molecule has 110 valence electrons. The molecule has 0 radical (unpaired) electrons. The topological polar surface area (TPSA) is 80.3 Å². The SMILES string of the molecule is COC12OOC(OC)(c3ccoc31)c1c2oc(C)cc1=O. The van der Waals surface area contributed by atoms with Crippen LogP contribution in [0.5, 0.6) is 0 Å². The second-order valence-corrected chi connectivity index (χ2v) is 4.90. The van der Waals surface area contributed by atoms with Gasteiger partial charge in [-0.2, -0.15) is 9.78 Å². The number of furan rings is 1. The van der Waals surface area contributed by atoms with Gasteiger partial charge in [-0.1, -0.05) is 0 Å². The summed E-state index contributed by atoms with van der Waals surface area (Å²) in [6.07, 6.45) is 1.45. The molecule has 3 aliphatic rings. The molecule has 2 aromatic rings. The summed E-state index contributed by atoms with van der Waals surface area (Å²) >= 11 is 0. The molecule has 21 heavy (non-hydrogen) atoms. The monoisotopic (exact) mass is 292 g/mol. The molecule has 2 bridgehead atoms. The highest BCUT2D eigenvalue weighted by Gasteiger charge is 2.66. The largest absolute Gasteiger partial charge is 0.462 e. The Morgan fingerprint density at radius 2 is 1.81 bits per heavy atom. The Morgan fingerprint density at radius 3 is 2.52 bits per heavy atom. The van der Waals surface area contributed by atoms with E-state index in [1.54, 1.807) is 13.0 Å². The molecule has 0 N–H and O–H groups in total. The number of ether oxygens (including phenoxy) is 2. The van der Waals surface area contributed by atoms with Gasteiger partial charge in [0, 0.05) is 20.3 Å². The van der Waals surface area contributed by atoms with Crippen LogP contribution in [-0.4, -0.2) is 14.2 Å². The van der Waals surface area contributed by atoms with Gasteiger partial charge in [0.05, 0.1) is 11.8 Å². The minimum atomic E-state index is -1.56. The second-order valence-electron chi connectivity index (χ2n) is 4.90. The maximum Gasteiger partial charge on any atom is 0.320 e. The summed E-state index contributed by atoms with van der Waals surface area (Å²) in [7, 11) is 2.82. The van der Waals surface area contributed by atoms with Crippen LogP contribution in [0.1, 0.15) is 28.4 Å². The molecule has 4 heterocycles. The smallest absolute Gasteiger partial charge is 0.320 e. The van der Waals surface area contributed by atoms with E-state index in [9.17, 15) is 4.79 Å². The molecule has 0 fully saturated rings. The van der Waals surface area contributed by atoms with Crippen LogP contribution in [0.15, 0.2) is 32.0 Å². The molecule has 0 spiro atoms. The van der Waals surface area contributed by atoms with Crippen molar-refractivity contribution in [2.24, 2.45) is 0 Å². The summed E-state index contributed by atoms with van der Waals surface area (Å²) < 4.78 is 22.1. The molecule has 2 aliphatic heterocycles. The molecule has 2 atom stereocenters. The Hall–Kier alpha value is -1.93. The number of hydrogen-bond donors (Lipinski definition) is 0. The normalized spacial score (nSPS) is 29.3. The average molecular weight is 292 g/mol. The molecule has 2 aromatic heterocycles. The molecule has 0 saturated carbocycles. The van der Waals surface area contributed by atoms with Crippen LogP contribution in [0.25, 0.3) is 0 Å². The lowest BCUT2D eigenvalue weighted by atomic mass is 9.84. The quantitative estimate of drug-likeness (QED) is 0.776. The Balaban J connectivity index is 2.19. The van der Waals surface area contributed by atoms with Crippen LogP contribution in [0.4, 0.5) is 0 Å². The van der Waals surface area contributed by atoms with Crippen molar-refractivity contribution in [3.8, 4) is 0 Å². The van der Waals surface area contributed by atoms with Crippen molar-refractivity contribution in [2.45, 2.75) is 18.5 Å². The predicted molar refractivity (Wildman–Crippen MR) is 66.2 cm³/mol. The third-order valence-corrected chi connectivity index (χ3v) is 3.87. The van der Waals surface area contributed by atoms with Crippen molar-refractivity contribution in [1.29, 1.82) is 0 Å². The van der Waals surface area contributed by atoms with Crippen molar-refractivity contribution < 1.29 is 28.1 Å². The van der Waals surface area contributed by atoms with Crippen LogP contribution < -0.4 is 5.43 Å². The lowest BCUT2D eigenvalue weighted by Crippen LogP contribution is -2.56. The van der Waals surface area contributed by atoms with E-state index in [4.69, 9.17) is 28.1 Å². The first kappa shape index (κ1) is 12.8. The van der Waals surface area contributed by atoms with Crippen molar-refractivity contribution in [1.82, 2.24) is 0 Å². The molecule has 1 aliphatic carbocycles. The van der Waals surface area contributed by atoms with E-state index in [0.29, 0.717) is 17.1 Å². The summed E-state index contributed by atoms with van der Waals surface area (Å²) in [5.41, 5.74) is 0.423. The average Bonchev–Trinajstić information content (AvgIpc) is 2.98. The van der Waals surface area contributed by atoms with Crippen LogP contribution >= 0.6 is 0 Å². The fraction of sp³-hybridized carbons (Fsp3) is 0.357. The second kappa shape index (κ2) is 3.83. The molecule has 0 aromatic carbocycles. The fourth-order valence-corrected chi connectivity index (χ4v) is 2.96. The number of fused-ring (bicyclic) bond motifs is 1. The lowest BCUT2D eigenvalue weighted by Gasteiger charge is -2.46. The van der Waals surface area contributed by atoms with E-state index in [-0.39, 0.29) is 16.8 Å². The summed E-state index contributed by atoms with van der Waals surface area (Å²) in [5.74, 6) is -2.15. The van der Waals surface area contributed by atoms with Crippen molar-refractivity contribution >= 4 is 0 Å². The minimum Gasteiger partial charge on any atom is -0.462 e. The van der Waals surface area contributed by atoms with Gasteiger partial charge in [-0.3, -0.25) is 4.79 Å². The minimum absolute atomic E-state index is 0.172. The molecule has 7 nitrogen and oxygen atoms in total. The number of methoxy groups -OCH3 is 2. The zero-order valence-electron chi connectivity index (χ0n) is 11.6. The highest BCUT2D eigenvalue weighted by molar-refractivity contribution is 5.49. The highest BCUT2D eigenvalue weighted by Crippen LogP contribution is 2.56. The predicted octanol–water partition coefficient (Wildman–Crippen LogP) is 1.51. The van der Waals surface area contributed by atoms with Crippen LogP contribution in [0, 0.1) is 6.92 Å². The van der Waals surface area contributed by atoms with Crippen molar-refractivity contribution in [3.05, 3.63) is 57.0 Å². The summed E-state index contributed by atoms with van der Waals surface area (Å²) in [6.45, 7) is 1.66. The van der Waals surface area contributed by atoms with Crippen LogP contribution in [0.3, 0.4) is 0 Å². The first-order valence-corrected chi connectivity index (χ1v) is 6.30. The van der Waals surface area contributed by atoms with E-state index >= 15 is 0 Å². The van der Waals surface area contributed by atoms with Gasteiger partial charge in [0.15, 0.2) is 16.9 Å². The molecular formula is C14H12O7. The van der Waals surface area contributed by atoms with Crippen LogP contribution in [0.2, 0.25) is 0 Å². The third kappa shape index (κ3) is 1.25. The van der Waals surface area contributed by atoms with E-state index in [1.807, 2.05) is 0 Å². The van der Waals surface area contributed by atoms with Gasteiger partial charge in [-0.15, -0.1) is 0 Å². The molecule has 2 unspecified atom stereocenters. The number of hydrogen-bond acceptors (Lipinski definition) is 7. The Kier molecular flexibility index (Phi) is 2.33. The Morgan fingerprint density at radius 1 is 1.10 bits per heavy atom. The number of aryl methyl sites for hydroxylation is 1. The maximum atomic E-state index is 12.5. The fourth-order valence-electron chi connectivity index (χ4n) is 2.96. The zero-order valence-corrected chi connectivity index (χ0v) is 11.6. The molecule has 0 amide bonds. The van der Waals surface area contributed by atoms with E-state index in [1.165, 1.54) is 26.5 Å². The molecular weight excluding hydrogens is 280 g/mol. The van der Waals surface area contributed by atoms with Gasteiger partial charge >= 0.3 is 5.79 Å². The standard InChI is InChI=1S/C14H12O7/c1-7-6-9(15)10-12(19-7)14(17-3)11-8(4-5-18-11)13(10,16-2)20-21-14/h4-6H,1-3H3. The maximum absolute atomic E-state index is 12.5. The van der Waals surface area contributed by atoms with Gasteiger partial charge in [-0.25, -0.2) is 0 Å². The Bertz CT molecular complexity index is 789. The molecule has 7 heteroatoms. The van der Waals surface area contributed by atoms with Gasteiger partial charge in [-0.05, 0) is 13.0 Å². The van der Waals surface area contributed by atoms with E-state index < -0.39 is 11.6 Å².